The highest BCUT2D eigenvalue weighted by Crippen LogP contribution is 2.53. The first kappa shape index (κ1) is 21.9. The van der Waals surface area contributed by atoms with E-state index < -0.39 is 0 Å². The van der Waals surface area contributed by atoms with Crippen LogP contribution in [0.25, 0.3) is 33.5 Å². The third-order valence-corrected chi connectivity index (χ3v) is 7.24. The lowest BCUT2D eigenvalue weighted by Gasteiger charge is -2.16. The van der Waals surface area contributed by atoms with Crippen molar-refractivity contribution in [3.05, 3.63) is 96.1 Å². The average Bonchev–Trinajstić information content (AvgIpc) is 3.61. The van der Waals surface area contributed by atoms with Crippen LogP contribution in [0.2, 0.25) is 0 Å². The molecule has 0 bridgehead atoms. The molecule has 0 spiro atoms. The van der Waals surface area contributed by atoms with Crippen molar-refractivity contribution in [2.75, 3.05) is 13.1 Å². The van der Waals surface area contributed by atoms with Gasteiger partial charge in [0, 0.05) is 29.1 Å². The Kier molecular flexibility index (Phi) is 5.35. The average molecular weight is 481 g/mol. The number of halogens is 1. The second-order valence-electron chi connectivity index (χ2n) is 9.25. The molecule has 2 aliphatic rings. The number of nitrogens with zero attached hydrogens (tertiary/aromatic N) is 5. The molecule has 2 aromatic carbocycles. The van der Waals surface area contributed by atoms with Gasteiger partial charge in [-0.2, -0.15) is 9.61 Å². The monoisotopic (exact) mass is 480 g/mol. The van der Waals surface area contributed by atoms with Crippen LogP contribution in [0.1, 0.15) is 36.1 Å². The van der Waals surface area contributed by atoms with Gasteiger partial charge in [0.2, 0.25) is 0 Å². The number of hydrogen-bond donors (Lipinski definition) is 1. The summed E-state index contributed by atoms with van der Waals surface area (Å²) in [6, 6.07) is 19.4. The molecule has 6 nitrogen and oxygen atoms in total. The summed E-state index contributed by atoms with van der Waals surface area (Å²) < 4.78 is 1.94. The Bertz CT molecular complexity index is 1570. The van der Waals surface area contributed by atoms with Gasteiger partial charge in [-0.05, 0) is 60.7 Å². The van der Waals surface area contributed by atoms with Crippen LogP contribution in [-0.4, -0.2) is 37.7 Å². The number of rotatable bonds is 4. The predicted octanol–water partition coefficient (Wildman–Crippen LogP) is 5.22. The summed E-state index contributed by atoms with van der Waals surface area (Å²) in [7, 11) is 0. The highest BCUT2D eigenvalue weighted by molar-refractivity contribution is 5.85. The zero-order valence-electron chi connectivity index (χ0n) is 19.2. The highest BCUT2D eigenvalue weighted by atomic mass is 35.5. The molecule has 4 heterocycles. The molecule has 0 atom stereocenters. The summed E-state index contributed by atoms with van der Waals surface area (Å²) in [6.07, 6.45) is 11.1. The minimum atomic E-state index is -0.0674. The van der Waals surface area contributed by atoms with Gasteiger partial charge in [0.1, 0.15) is 5.69 Å². The molecule has 1 aliphatic heterocycles. The Morgan fingerprint density at radius 3 is 2.51 bits per heavy atom. The molecule has 5 aromatic rings. The zero-order valence-corrected chi connectivity index (χ0v) is 20.0. The predicted molar refractivity (Wildman–Crippen MR) is 141 cm³/mol. The Morgan fingerprint density at radius 2 is 1.71 bits per heavy atom. The quantitative estimate of drug-likeness (QED) is 0.382. The van der Waals surface area contributed by atoms with E-state index in [0.717, 1.165) is 60.2 Å². The van der Waals surface area contributed by atoms with Crippen LogP contribution in [0, 0.1) is 0 Å². The number of hydrogen-bond acceptors (Lipinski definition) is 5. The van der Waals surface area contributed by atoms with Crippen molar-refractivity contribution in [2.45, 2.75) is 24.7 Å². The fourth-order valence-corrected chi connectivity index (χ4v) is 5.16. The first-order valence-corrected chi connectivity index (χ1v) is 11.9. The fraction of sp³-hybridized carbons (Fsp3) is 0.214. The Hall–Kier alpha value is -3.61. The maximum absolute atomic E-state index is 5.00. The largest absolute Gasteiger partial charge is 0.313 e. The number of pyridine rings is 1. The van der Waals surface area contributed by atoms with Crippen LogP contribution in [0.3, 0.4) is 0 Å². The number of aromatic nitrogens is 5. The van der Waals surface area contributed by atoms with Crippen molar-refractivity contribution in [3.63, 3.8) is 0 Å². The van der Waals surface area contributed by atoms with E-state index in [1.807, 2.05) is 29.2 Å². The molecule has 3 aromatic heterocycles. The topological polar surface area (TPSA) is 68.0 Å². The molecule has 35 heavy (non-hydrogen) atoms. The molecule has 0 saturated heterocycles. The van der Waals surface area contributed by atoms with Gasteiger partial charge in [0.05, 0.1) is 23.6 Å². The van der Waals surface area contributed by atoms with Crippen LogP contribution in [-0.2, 0) is 5.41 Å². The van der Waals surface area contributed by atoms with Gasteiger partial charge < -0.3 is 5.32 Å². The lowest BCUT2D eigenvalue weighted by Crippen LogP contribution is -2.19. The minimum Gasteiger partial charge on any atom is -0.313 e. The molecular formula is C28H25ClN6. The van der Waals surface area contributed by atoms with Gasteiger partial charge in [0.15, 0.2) is 0 Å². The van der Waals surface area contributed by atoms with E-state index >= 15 is 0 Å². The molecule has 1 saturated carbocycles. The van der Waals surface area contributed by atoms with Crippen LogP contribution >= 0.6 is 12.4 Å². The van der Waals surface area contributed by atoms with Crippen LogP contribution in [0.4, 0.5) is 0 Å². The molecule has 0 amide bonds. The molecule has 1 fully saturated rings. The molecule has 7 rings (SSSR count). The molecule has 7 heteroatoms. The first-order chi connectivity index (χ1) is 16.8. The van der Waals surface area contributed by atoms with E-state index in [-0.39, 0.29) is 17.8 Å². The number of nitrogens with one attached hydrogen (secondary N) is 1. The molecular weight excluding hydrogens is 456 g/mol. The maximum atomic E-state index is 5.00. The van der Waals surface area contributed by atoms with Crippen molar-refractivity contribution >= 4 is 34.7 Å². The van der Waals surface area contributed by atoms with Gasteiger partial charge in [-0.3, -0.25) is 4.98 Å². The molecule has 0 unspecified atom stereocenters. The minimum absolute atomic E-state index is 0. The number of fused-ring (bicyclic) bond motifs is 2. The third kappa shape index (κ3) is 3.70. The Balaban J connectivity index is 0.00000229. The van der Waals surface area contributed by atoms with Crippen molar-refractivity contribution in [2.24, 2.45) is 0 Å². The van der Waals surface area contributed by atoms with Crippen molar-refractivity contribution in [1.29, 1.82) is 0 Å². The number of imidazole rings is 1. The SMILES string of the molecule is C1=C(c2ccc(-c3cnc4ncc(C5(c6ccc7ncccc7c6)CC5)n4n3)cc2)CCNC1.Cl. The summed E-state index contributed by atoms with van der Waals surface area (Å²) in [5, 5.41) is 9.53. The van der Waals surface area contributed by atoms with Crippen molar-refractivity contribution < 1.29 is 0 Å². The maximum Gasteiger partial charge on any atom is 0.250 e. The smallest absolute Gasteiger partial charge is 0.250 e. The van der Waals surface area contributed by atoms with E-state index in [0.29, 0.717) is 5.78 Å². The van der Waals surface area contributed by atoms with Crippen molar-refractivity contribution in [3.8, 4) is 11.3 Å². The summed E-state index contributed by atoms with van der Waals surface area (Å²) >= 11 is 0. The number of benzene rings is 2. The standard InChI is InChI=1S/C28H24N6.ClH/c1-2-22-16-23(7-8-24(22)30-13-1)28(11-12-28)26-18-32-27-31-17-25(33-34(26)27)21-5-3-19(4-6-21)20-9-14-29-15-10-20;/h1-9,13,16-18,29H,10-12,14-15H2;1H. The van der Waals surface area contributed by atoms with E-state index in [2.05, 4.69) is 74.9 Å². The van der Waals surface area contributed by atoms with Gasteiger partial charge in [-0.1, -0.05) is 42.5 Å². The highest BCUT2D eigenvalue weighted by Gasteiger charge is 2.48. The van der Waals surface area contributed by atoms with Crippen LogP contribution < -0.4 is 5.32 Å². The lowest BCUT2D eigenvalue weighted by molar-refractivity contribution is 0.738. The van der Waals surface area contributed by atoms with E-state index in [1.165, 1.54) is 16.7 Å². The Morgan fingerprint density at radius 1 is 0.886 bits per heavy atom. The lowest BCUT2D eigenvalue weighted by atomic mass is 9.91. The molecule has 0 radical (unpaired) electrons. The normalized spacial score (nSPS) is 16.6. The first-order valence-electron chi connectivity index (χ1n) is 11.9. The summed E-state index contributed by atoms with van der Waals surface area (Å²) in [5.74, 6) is 0.643. The van der Waals surface area contributed by atoms with Gasteiger partial charge in [-0.15, -0.1) is 12.4 Å². The second kappa shape index (κ2) is 8.56. The third-order valence-electron chi connectivity index (χ3n) is 7.24. The Labute approximate surface area is 209 Å². The molecule has 174 valence electrons. The van der Waals surface area contributed by atoms with E-state index in [1.54, 1.807) is 0 Å². The van der Waals surface area contributed by atoms with Crippen LogP contribution in [0.5, 0.6) is 0 Å². The zero-order chi connectivity index (χ0) is 22.5. The summed E-state index contributed by atoms with van der Waals surface area (Å²) in [6.45, 7) is 1.98. The fourth-order valence-electron chi connectivity index (χ4n) is 5.16. The summed E-state index contributed by atoms with van der Waals surface area (Å²) in [5.41, 5.74) is 7.96. The molecule has 1 aliphatic carbocycles. The van der Waals surface area contributed by atoms with Gasteiger partial charge in [-0.25, -0.2) is 9.97 Å². The summed E-state index contributed by atoms with van der Waals surface area (Å²) in [4.78, 5) is 13.7. The van der Waals surface area contributed by atoms with Gasteiger partial charge in [0.25, 0.3) is 5.78 Å². The second-order valence-corrected chi connectivity index (χ2v) is 9.25. The molecule has 1 N–H and O–H groups in total. The van der Waals surface area contributed by atoms with E-state index in [4.69, 9.17) is 5.10 Å². The van der Waals surface area contributed by atoms with E-state index in [9.17, 15) is 0 Å². The van der Waals surface area contributed by atoms with Crippen molar-refractivity contribution in [1.82, 2.24) is 29.9 Å². The van der Waals surface area contributed by atoms with Crippen LogP contribution in [0.15, 0.2) is 79.3 Å². The van der Waals surface area contributed by atoms with Gasteiger partial charge >= 0.3 is 0 Å².